The van der Waals surface area contributed by atoms with E-state index in [1.165, 1.54) is 9.87 Å². The lowest BCUT2D eigenvalue weighted by molar-refractivity contribution is 0.0684. The number of piperazine rings is 1. The van der Waals surface area contributed by atoms with Crippen molar-refractivity contribution in [3.8, 4) is 5.75 Å². The van der Waals surface area contributed by atoms with Gasteiger partial charge in [-0.05, 0) is 17.7 Å². The maximum Gasteiger partial charge on any atom is 0.282 e. The Morgan fingerprint density at radius 1 is 0.958 bits per heavy atom. The highest BCUT2D eigenvalue weighted by atomic mass is 32.2. The van der Waals surface area contributed by atoms with Gasteiger partial charge in [0.1, 0.15) is 5.75 Å². The van der Waals surface area contributed by atoms with Crippen LogP contribution in [-0.4, -0.2) is 81.5 Å². The van der Waals surface area contributed by atoms with Gasteiger partial charge in [-0.2, -0.15) is 17.0 Å². The highest BCUT2D eigenvalue weighted by molar-refractivity contribution is 7.86. The van der Waals surface area contributed by atoms with Gasteiger partial charge >= 0.3 is 0 Å². The highest BCUT2D eigenvalue weighted by Gasteiger charge is 2.33. The Kier molecular flexibility index (Phi) is 5.72. The third kappa shape index (κ3) is 4.07. The molecule has 0 radical (unpaired) electrons. The molecule has 0 spiro atoms. The van der Waals surface area contributed by atoms with Crippen molar-refractivity contribution in [2.75, 3.05) is 59.6 Å². The minimum atomic E-state index is -3.35. The van der Waals surface area contributed by atoms with E-state index in [9.17, 15) is 8.42 Å². The first-order chi connectivity index (χ1) is 11.6. The number of rotatable bonds is 5. The number of hydrogen-bond acceptors (Lipinski definition) is 5. The summed E-state index contributed by atoms with van der Waals surface area (Å²) in [5, 5.41) is 0. The molecule has 0 atom stereocenters. The molecule has 7 nitrogen and oxygen atoms in total. The minimum absolute atomic E-state index is 0.453. The van der Waals surface area contributed by atoms with Crippen molar-refractivity contribution >= 4 is 10.2 Å². The quantitative estimate of drug-likeness (QED) is 0.765. The lowest BCUT2D eigenvalue weighted by atomic mass is 10.2. The van der Waals surface area contributed by atoms with Crippen LogP contribution in [0.5, 0.6) is 5.75 Å². The summed E-state index contributed by atoms with van der Waals surface area (Å²) in [6.45, 7) is 5.27. The molecular weight excluding hydrogens is 330 g/mol. The predicted molar refractivity (Wildman–Crippen MR) is 91.2 cm³/mol. The van der Waals surface area contributed by atoms with Gasteiger partial charge in [0.25, 0.3) is 10.2 Å². The summed E-state index contributed by atoms with van der Waals surface area (Å²) >= 11 is 0. The van der Waals surface area contributed by atoms with Crippen LogP contribution in [0.25, 0.3) is 0 Å². The lowest BCUT2D eigenvalue weighted by Crippen LogP contribution is -2.54. The Morgan fingerprint density at radius 3 is 2.12 bits per heavy atom. The van der Waals surface area contributed by atoms with Crippen LogP contribution in [0.1, 0.15) is 5.56 Å². The van der Waals surface area contributed by atoms with Crippen molar-refractivity contribution in [3.05, 3.63) is 29.8 Å². The SMILES string of the molecule is COc1ccc(CN2CCN(S(=O)(=O)N3CCOCC3)CC2)cc1. The molecule has 1 aromatic carbocycles. The summed E-state index contributed by atoms with van der Waals surface area (Å²) < 4.78 is 38.8. The van der Waals surface area contributed by atoms with Crippen molar-refractivity contribution in [2.24, 2.45) is 0 Å². The van der Waals surface area contributed by atoms with Gasteiger partial charge in [0.15, 0.2) is 0 Å². The van der Waals surface area contributed by atoms with Crippen molar-refractivity contribution < 1.29 is 17.9 Å². The molecule has 0 aromatic heterocycles. The van der Waals surface area contributed by atoms with Crippen molar-refractivity contribution in [3.63, 3.8) is 0 Å². The van der Waals surface area contributed by atoms with Crippen LogP contribution >= 0.6 is 0 Å². The molecule has 0 N–H and O–H groups in total. The van der Waals surface area contributed by atoms with Gasteiger partial charge in [-0.25, -0.2) is 0 Å². The zero-order chi connectivity index (χ0) is 17.0. The fourth-order valence-corrected chi connectivity index (χ4v) is 4.61. The van der Waals surface area contributed by atoms with Crippen LogP contribution in [0, 0.1) is 0 Å². The van der Waals surface area contributed by atoms with Crippen molar-refractivity contribution in [2.45, 2.75) is 6.54 Å². The van der Waals surface area contributed by atoms with E-state index in [4.69, 9.17) is 9.47 Å². The lowest BCUT2D eigenvalue weighted by Gasteiger charge is -2.37. The van der Waals surface area contributed by atoms with Gasteiger partial charge in [-0.15, -0.1) is 0 Å². The van der Waals surface area contributed by atoms with Gasteiger partial charge in [-0.3, -0.25) is 4.90 Å². The van der Waals surface area contributed by atoms with Crippen LogP contribution in [0.15, 0.2) is 24.3 Å². The normalized spacial score (nSPS) is 21.7. The molecular formula is C16H25N3O4S. The molecule has 2 aliphatic rings. The molecule has 0 saturated carbocycles. The second kappa shape index (κ2) is 7.79. The summed E-state index contributed by atoms with van der Waals surface area (Å²) in [4.78, 5) is 2.28. The van der Waals surface area contributed by atoms with Gasteiger partial charge in [0.2, 0.25) is 0 Å². The largest absolute Gasteiger partial charge is 0.497 e. The molecule has 1 aromatic rings. The van der Waals surface area contributed by atoms with E-state index in [1.54, 1.807) is 11.4 Å². The molecule has 8 heteroatoms. The first-order valence-corrected chi connectivity index (χ1v) is 9.67. The zero-order valence-corrected chi connectivity index (χ0v) is 14.9. The Bertz CT molecular complexity index is 621. The number of morpholine rings is 1. The number of nitrogens with zero attached hydrogens (tertiary/aromatic N) is 3. The number of ether oxygens (including phenoxy) is 2. The van der Waals surface area contributed by atoms with E-state index in [0.717, 1.165) is 25.4 Å². The molecule has 2 saturated heterocycles. The number of benzene rings is 1. The Morgan fingerprint density at radius 2 is 1.54 bits per heavy atom. The van der Waals surface area contributed by atoms with Crippen molar-refractivity contribution in [1.82, 2.24) is 13.5 Å². The second-order valence-electron chi connectivity index (χ2n) is 6.04. The van der Waals surface area contributed by atoms with Crippen molar-refractivity contribution in [1.29, 1.82) is 0 Å². The van der Waals surface area contributed by atoms with E-state index in [1.807, 2.05) is 12.1 Å². The minimum Gasteiger partial charge on any atom is -0.497 e. The molecule has 0 aliphatic carbocycles. The first kappa shape index (κ1) is 17.6. The summed E-state index contributed by atoms with van der Waals surface area (Å²) in [5.41, 5.74) is 1.21. The van der Waals surface area contributed by atoms with E-state index >= 15 is 0 Å². The Balaban J connectivity index is 1.53. The van der Waals surface area contributed by atoms with Gasteiger partial charge < -0.3 is 9.47 Å². The smallest absolute Gasteiger partial charge is 0.282 e. The third-order valence-corrected chi connectivity index (χ3v) is 6.55. The Labute approximate surface area is 143 Å². The Hall–Kier alpha value is -1.19. The molecule has 24 heavy (non-hydrogen) atoms. The topological polar surface area (TPSA) is 62.3 Å². The first-order valence-electron chi connectivity index (χ1n) is 8.28. The predicted octanol–water partition coefficient (Wildman–Crippen LogP) is 0.390. The van der Waals surface area contributed by atoms with E-state index in [0.29, 0.717) is 39.4 Å². The molecule has 0 unspecified atom stereocenters. The summed E-state index contributed by atoms with van der Waals surface area (Å²) in [5.74, 6) is 0.847. The fraction of sp³-hybridized carbons (Fsp3) is 0.625. The molecule has 2 aliphatic heterocycles. The maximum absolute atomic E-state index is 12.6. The molecule has 0 bridgehead atoms. The average Bonchev–Trinajstić information content (AvgIpc) is 2.63. The fourth-order valence-electron chi connectivity index (χ4n) is 3.05. The van der Waals surface area contributed by atoms with E-state index < -0.39 is 10.2 Å². The summed E-state index contributed by atoms with van der Waals surface area (Å²) in [6, 6.07) is 8.01. The van der Waals surface area contributed by atoms with Crippen LogP contribution in [0.4, 0.5) is 0 Å². The van der Waals surface area contributed by atoms with Crippen LogP contribution in [0.3, 0.4) is 0 Å². The number of methoxy groups -OCH3 is 1. The highest BCUT2D eigenvalue weighted by Crippen LogP contribution is 2.17. The monoisotopic (exact) mass is 355 g/mol. The van der Waals surface area contributed by atoms with E-state index in [-0.39, 0.29) is 0 Å². The van der Waals surface area contributed by atoms with E-state index in [2.05, 4.69) is 17.0 Å². The molecule has 2 fully saturated rings. The number of hydrogen-bond donors (Lipinski definition) is 0. The maximum atomic E-state index is 12.6. The van der Waals surface area contributed by atoms with Crippen LogP contribution < -0.4 is 4.74 Å². The van der Waals surface area contributed by atoms with Gasteiger partial charge in [0.05, 0.1) is 20.3 Å². The second-order valence-corrected chi connectivity index (χ2v) is 7.97. The summed E-state index contributed by atoms with van der Waals surface area (Å²) in [6.07, 6.45) is 0. The standard InChI is InChI=1S/C16H25N3O4S/c1-22-16-4-2-15(3-5-16)14-17-6-8-18(9-7-17)24(20,21)19-10-12-23-13-11-19/h2-5H,6-14H2,1H3. The average molecular weight is 355 g/mol. The zero-order valence-electron chi connectivity index (χ0n) is 14.1. The van der Waals surface area contributed by atoms with Gasteiger partial charge in [-0.1, -0.05) is 12.1 Å². The summed E-state index contributed by atoms with van der Waals surface area (Å²) in [7, 11) is -1.69. The third-order valence-electron chi connectivity index (χ3n) is 4.52. The van der Waals surface area contributed by atoms with Crippen LogP contribution in [-0.2, 0) is 21.5 Å². The van der Waals surface area contributed by atoms with Gasteiger partial charge in [0, 0.05) is 45.8 Å². The molecule has 3 rings (SSSR count). The molecule has 2 heterocycles. The molecule has 134 valence electrons. The van der Waals surface area contributed by atoms with Crippen LogP contribution in [0.2, 0.25) is 0 Å². The molecule has 0 amide bonds.